The average molecular weight is 431 g/mol. The minimum absolute atomic E-state index is 0.0858. The Morgan fingerprint density at radius 2 is 2.03 bits per heavy atom. The third kappa shape index (κ3) is 4.38. The Balaban J connectivity index is 1.47. The van der Waals surface area contributed by atoms with E-state index in [2.05, 4.69) is 27.0 Å². The highest BCUT2D eigenvalue weighted by atomic mass is 16.5. The summed E-state index contributed by atoms with van der Waals surface area (Å²) in [4.78, 5) is 24.4. The van der Waals surface area contributed by atoms with Gasteiger partial charge in [-0.3, -0.25) is 10.1 Å². The second-order valence-corrected chi connectivity index (χ2v) is 9.03. The Labute approximate surface area is 181 Å². The molecule has 4 bridgehead atoms. The van der Waals surface area contributed by atoms with Crippen LogP contribution in [0, 0.1) is 17.8 Å². The van der Waals surface area contributed by atoms with Crippen LogP contribution in [0.3, 0.4) is 0 Å². The number of alkyl carbamates (subject to hydrolysis) is 1. The van der Waals surface area contributed by atoms with Crippen molar-refractivity contribution in [3.8, 4) is 0 Å². The lowest BCUT2D eigenvalue weighted by molar-refractivity contribution is -0.136. The second-order valence-electron chi connectivity index (χ2n) is 9.03. The summed E-state index contributed by atoms with van der Waals surface area (Å²) in [6.45, 7) is 3.93. The van der Waals surface area contributed by atoms with Gasteiger partial charge in [-0.05, 0) is 55.9 Å². The van der Waals surface area contributed by atoms with Crippen molar-refractivity contribution in [3.63, 3.8) is 0 Å². The number of rotatable bonds is 7. The number of carbonyl (C=O) groups is 2. The molecule has 1 aromatic heterocycles. The molecule has 0 saturated heterocycles. The number of ether oxygens (including phenoxy) is 2. The maximum Gasteiger partial charge on any atom is 0.411 e. The molecule has 0 aliphatic heterocycles. The first-order valence-electron chi connectivity index (χ1n) is 10.6. The predicted molar refractivity (Wildman–Crippen MR) is 113 cm³/mol. The van der Waals surface area contributed by atoms with Gasteiger partial charge in [-0.2, -0.15) is 5.10 Å². The van der Waals surface area contributed by atoms with Crippen molar-refractivity contribution in [2.24, 2.45) is 17.8 Å². The first-order chi connectivity index (χ1) is 14.8. The van der Waals surface area contributed by atoms with Crippen LogP contribution in [0.1, 0.15) is 48.2 Å². The number of hydrogen-bond donors (Lipinski definition) is 3. The number of aromatic nitrogens is 2. The van der Waals surface area contributed by atoms with Gasteiger partial charge in [0, 0.05) is 25.0 Å². The van der Waals surface area contributed by atoms with E-state index in [-0.39, 0.29) is 18.6 Å². The molecular weight excluding hydrogens is 400 g/mol. The Hall–Kier alpha value is -2.65. The zero-order valence-corrected chi connectivity index (χ0v) is 18.0. The largest absolute Gasteiger partial charge is 0.453 e. The number of nitrogens with one attached hydrogen (secondary N) is 2. The molecule has 2 amide bonds. The summed E-state index contributed by atoms with van der Waals surface area (Å²) >= 11 is 0. The van der Waals surface area contributed by atoms with Crippen molar-refractivity contribution in [3.05, 3.63) is 35.8 Å². The summed E-state index contributed by atoms with van der Waals surface area (Å²) in [5.41, 5.74) is 0.841. The molecule has 0 radical (unpaired) electrons. The monoisotopic (exact) mass is 430 g/mol. The summed E-state index contributed by atoms with van der Waals surface area (Å²) in [7, 11) is 2.82. The summed E-state index contributed by atoms with van der Waals surface area (Å²) < 4.78 is 11.3. The third-order valence-electron chi connectivity index (χ3n) is 6.83. The van der Waals surface area contributed by atoms with E-state index in [0.717, 1.165) is 32.1 Å². The lowest BCUT2D eigenvalue weighted by atomic mass is 9.52. The summed E-state index contributed by atoms with van der Waals surface area (Å²) in [6.07, 6.45) is 8.67. The minimum Gasteiger partial charge on any atom is -0.453 e. The quantitative estimate of drug-likeness (QED) is 0.571. The van der Waals surface area contributed by atoms with E-state index in [1.165, 1.54) is 18.0 Å². The van der Waals surface area contributed by atoms with Gasteiger partial charge in [0.1, 0.15) is 0 Å². The minimum atomic E-state index is -0.618. The molecule has 9 nitrogen and oxygen atoms in total. The van der Waals surface area contributed by atoms with Gasteiger partial charge in [0.15, 0.2) is 0 Å². The van der Waals surface area contributed by atoms with Gasteiger partial charge in [-0.15, -0.1) is 0 Å². The number of aliphatic hydroxyl groups is 1. The molecule has 2 unspecified atom stereocenters. The number of methoxy groups -OCH3 is 2. The molecule has 1 aromatic rings. The molecular formula is C22H30N4O5. The summed E-state index contributed by atoms with van der Waals surface area (Å²) in [5, 5.41) is 20.7. The van der Waals surface area contributed by atoms with Crippen LogP contribution in [0.4, 0.5) is 4.79 Å². The van der Waals surface area contributed by atoms with Crippen LogP contribution >= 0.6 is 0 Å². The number of amides is 2. The summed E-state index contributed by atoms with van der Waals surface area (Å²) in [6, 6.07) is 0.0858. The van der Waals surface area contributed by atoms with Gasteiger partial charge < -0.3 is 19.9 Å². The Bertz CT molecular complexity index is 892. The van der Waals surface area contributed by atoms with E-state index in [0.29, 0.717) is 34.7 Å². The zero-order valence-electron chi connectivity index (χ0n) is 18.0. The highest BCUT2D eigenvalue weighted by Gasteiger charge is 2.55. The van der Waals surface area contributed by atoms with Crippen LogP contribution in [-0.2, 0) is 16.1 Å². The molecule has 4 saturated carbocycles. The molecule has 2 atom stereocenters. The first kappa shape index (κ1) is 21.6. The van der Waals surface area contributed by atoms with Crippen LogP contribution in [0.25, 0.3) is 6.20 Å². The van der Waals surface area contributed by atoms with E-state index in [9.17, 15) is 14.7 Å². The van der Waals surface area contributed by atoms with Gasteiger partial charge in [-0.1, -0.05) is 6.58 Å². The number of allylic oxidation sites excluding steroid dienone is 1. The topological polar surface area (TPSA) is 115 Å². The third-order valence-corrected chi connectivity index (χ3v) is 6.83. The number of hydrogen-bond acceptors (Lipinski definition) is 6. The second kappa shape index (κ2) is 8.47. The normalized spacial score (nSPS) is 31.1. The van der Waals surface area contributed by atoms with Crippen LogP contribution in [-0.4, -0.2) is 52.7 Å². The molecule has 5 rings (SSSR count). The van der Waals surface area contributed by atoms with Crippen LogP contribution in [0.5, 0.6) is 0 Å². The fourth-order valence-electron chi connectivity index (χ4n) is 5.82. The van der Waals surface area contributed by atoms with Crippen molar-refractivity contribution in [2.45, 2.75) is 50.4 Å². The van der Waals surface area contributed by atoms with Gasteiger partial charge in [0.2, 0.25) is 0 Å². The van der Waals surface area contributed by atoms with Gasteiger partial charge >= 0.3 is 6.09 Å². The van der Waals surface area contributed by atoms with Crippen LogP contribution < -0.4 is 10.6 Å². The Kier molecular flexibility index (Phi) is 5.90. The molecule has 31 heavy (non-hydrogen) atoms. The number of carbonyl (C=O) groups excluding carboxylic acids is 2. The van der Waals surface area contributed by atoms with Crippen molar-refractivity contribution in [2.75, 3.05) is 14.2 Å². The predicted octanol–water partition coefficient (Wildman–Crippen LogP) is 2.04. The molecule has 3 N–H and O–H groups in total. The Morgan fingerprint density at radius 3 is 2.65 bits per heavy atom. The lowest BCUT2D eigenvalue weighted by Gasteiger charge is -2.58. The molecule has 4 aliphatic rings. The maximum absolute atomic E-state index is 13.2. The van der Waals surface area contributed by atoms with Crippen molar-refractivity contribution < 1.29 is 24.2 Å². The van der Waals surface area contributed by atoms with E-state index < -0.39 is 11.7 Å². The molecule has 1 heterocycles. The fourth-order valence-corrected chi connectivity index (χ4v) is 5.82. The maximum atomic E-state index is 13.2. The molecule has 0 aromatic carbocycles. The molecule has 9 heteroatoms. The Morgan fingerprint density at radius 1 is 1.32 bits per heavy atom. The zero-order chi connectivity index (χ0) is 22.2. The summed E-state index contributed by atoms with van der Waals surface area (Å²) in [5.74, 6) is 1.06. The SMILES string of the molecule is C=C(/C=C/n1ncc(C(=O)N[C@H]2C3CC4CC2C[C@](O)(C4)C3)c1COC)NC(=O)OC. The van der Waals surface area contributed by atoms with Gasteiger partial charge in [0.25, 0.3) is 5.91 Å². The number of nitrogens with zero attached hydrogens (tertiary/aromatic N) is 2. The lowest BCUT2D eigenvalue weighted by Crippen LogP contribution is -2.61. The highest BCUT2D eigenvalue weighted by molar-refractivity contribution is 5.95. The smallest absolute Gasteiger partial charge is 0.411 e. The first-order valence-corrected chi connectivity index (χ1v) is 10.6. The van der Waals surface area contributed by atoms with Crippen molar-refractivity contribution >= 4 is 18.2 Å². The van der Waals surface area contributed by atoms with Crippen LogP contribution in [0.2, 0.25) is 0 Å². The van der Waals surface area contributed by atoms with Crippen molar-refractivity contribution in [1.29, 1.82) is 0 Å². The van der Waals surface area contributed by atoms with E-state index in [1.807, 2.05) is 0 Å². The van der Waals surface area contributed by atoms with E-state index >= 15 is 0 Å². The molecule has 168 valence electrons. The molecule has 0 spiro atoms. The average Bonchev–Trinajstić information content (AvgIpc) is 3.10. The fraction of sp³-hybridized carbons (Fsp3) is 0.591. The van der Waals surface area contributed by atoms with E-state index in [1.54, 1.807) is 19.4 Å². The molecule has 4 aliphatic carbocycles. The van der Waals surface area contributed by atoms with Crippen molar-refractivity contribution in [1.82, 2.24) is 20.4 Å². The van der Waals surface area contributed by atoms with Gasteiger partial charge in [-0.25, -0.2) is 9.48 Å². The van der Waals surface area contributed by atoms with E-state index in [4.69, 9.17) is 4.74 Å². The highest BCUT2D eigenvalue weighted by Crippen LogP contribution is 2.55. The standard InChI is InChI=1S/C22H30N4O5/c1-13(24-21(28)31-3)4-5-26-18(12-30-2)17(11-23-26)20(27)25-19-15-6-14-7-16(19)10-22(29,8-14)9-15/h4-5,11,14-16,19,29H,1,6-10,12H2,2-3H3,(H,24,28)(H,25,27)/b5-4+/t14?,15?,16?,19-,22-. The molecule has 4 fully saturated rings. The van der Waals surface area contributed by atoms with Crippen LogP contribution in [0.15, 0.2) is 24.5 Å². The van der Waals surface area contributed by atoms with Gasteiger partial charge in [0.05, 0.1) is 36.8 Å².